The van der Waals surface area contributed by atoms with Gasteiger partial charge >= 0.3 is 0 Å². The molecule has 1 fully saturated rings. The summed E-state index contributed by atoms with van der Waals surface area (Å²) >= 11 is 0. The topological polar surface area (TPSA) is 70.8 Å². The van der Waals surface area contributed by atoms with Gasteiger partial charge in [0.2, 0.25) is 0 Å². The van der Waals surface area contributed by atoms with Crippen LogP contribution in [0.4, 0.5) is 5.69 Å². The van der Waals surface area contributed by atoms with Gasteiger partial charge in [0.1, 0.15) is 0 Å². The Hall–Kier alpha value is -2.89. The molecule has 0 saturated carbocycles. The summed E-state index contributed by atoms with van der Waals surface area (Å²) in [5.74, 6) is 0. The molecule has 2 aliphatic heterocycles. The molecule has 1 saturated heterocycles. The van der Waals surface area contributed by atoms with Crippen LogP contribution in [0, 0.1) is 10.1 Å². The smallest absolute Gasteiger partial charge is 0.278 e. The summed E-state index contributed by atoms with van der Waals surface area (Å²) in [6, 6.07) is 4.91. The minimum Gasteiger partial charge on any atom is -0.362 e. The number of hydrazone groups is 1. The third-order valence-electron chi connectivity index (χ3n) is 3.93. The average molecular weight is 296 g/mol. The molecular formula is C16H16N4O2. The Morgan fingerprint density at radius 2 is 2.14 bits per heavy atom. The Kier molecular flexibility index (Phi) is 3.29. The maximum atomic E-state index is 11.1. The highest BCUT2D eigenvalue weighted by Crippen LogP contribution is 2.35. The van der Waals surface area contributed by atoms with Gasteiger partial charge in [0.25, 0.3) is 5.69 Å². The molecule has 1 N–H and O–H groups in total. The predicted molar refractivity (Wildman–Crippen MR) is 86.0 cm³/mol. The van der Waals surface area contributed by atoms with Crippen LogP contribution in [0.15, 0.2) is 54.4 Å². The number of nitrogens with zero attached hydrogens (tertiary/aromatic N) is 3. The highest BCUT2D eigenvalue weighted by atomic mass is 16.6. The van der Waals surface area contributed by atoms with Crippen molar-refractivity contribution in [2.24, 2.45) is 5.10 Å². The van der Waals surface area contributed by atoms with E-state index in [1.54, 1.807) is 11.1 Å². The van der Waals surface area contributed by atoms with Crippen LogP contribution in [0.5, 0.6) is 0 Å². The molecule has 0 amide bonds. The van der Waals surface area contributed by atoms with E-state index in [9.17, 15) is 10.1 Å². The Labute approximate surface area is 128 Å². The van der Waals surface area contributed by atoms with Crippen LogP contribution in [0.3, 0.4) is 0 Å². The first-order valence-corrected chi connectivity index (χ1v) is 6.92. The molecule has 1 unspecified atom stereocenters. The largest absolute Gasteiger partial charge is 0.362 e. The number of fused-ring (bicyclic) bond motifs is 1. The highest BCUT2D eigenvalue weighted by Gasteiger charge is 2.31. The minimum atomic E-state index is -0.404. The van der Waals surface area contributed by atoms with E-state index in [1.807, 2.05) is 6.07 Å². The van der Waals surface area contributed by atoms with Crippen LogP contribution >= 0.6 is 0 Å². The van der Waals surface area contributed by atoms with Crippen molar-refractivity contribution >= 4 is 17.6 Å². The van der Waals surface area contributed by atoms with Crippen molar-refractivity contribution in [3.8, 4) is 0 Å². The van der Waals surface area contributed by atoms with E-state index >= 15 is 0 Å². The van der Waals surface area contributed by atoms with Crippen molar-refractivity contribution in [3.05, 3.63) is 70.6 Å². The van der Waals surface area contributed by atoms with Crippen molar-refractivity contribution in [1.82, 2.24) is 10.3 Å². The molecule has 1 atom stereocenters. The summed E-state index contributed by atoms with van der Waals surface area (Å²) in [6.45, 7) is 12.0. The molecule has 6 nitrogen and oxygen atoms in total. The average Bonchev–Trinajstić information content (AvgIpc) is 2.48. The molecule has 2 aliphatic rings. The van der Waals surface area contributed by atoms with Gasteiger partial charge in [0.15, 0.2) is 0 Å². The van der Waals surface area contributed by atoms with Crippen LogP contribution in [0.2, 0.25) is 0 Å². The number of nitro groups is 1. The van der Waals surface area contributed by atoms with Crippen molar-refractivity contribution < 1.29 is 4.92 Å². The van der Waals surface area contributed by atoms with Gasteiger partial charge in [-0.25, -0.2) is 0 Å². The Morgan fingerprint density at radius 1 is 1.36 bits per heavy atom. The third kappa shape index (κ3) is 2.18. The van der Waals surface area contributed by atoms with Crippen molar-refractivity contribution in [1.29, 1.82) is 0 Å². The maximum Gasteiger partial charge on any atom is 0.278 e. The van der Waals surface area contributed by atoms with E-state index in [0.717, 1.165) is 29.8 Å². The normalized spacial score (nSPS) is 20.6. The molecule has 1 aromatic carbocycles. The fourth-order valence-corrected chi connectivity index (χ4v) is 2.81. The third-order valence-corrected chi connectivity index (χ3v) is 3.93. The Balaban J connectivity index is 1.97. The number of hydrogen-bond acceptors (Lipinski definition) is 5. The first-order valence-electron chi connectivity index (χ1n) is 6.92. The number of nitrogens with one attached hydrogen (secondary N) is 1. The van der Waals surface area contributed by atoms with Crippen LogP contribution in [0.25, 0.3) is 5.70 Å². The molecule has 0 aromatic heterocycles. The SMILES string of the molecule is C=C1CCC(N2N=Cc3c(cccc3[N+](=O)[O-])C2=C)C(=C)N1. The molecule has 0 radical (unpaired) electrons. The van der Waals surface area contributed by atoms with E-state index in [2.05, 4.69) is 30.2 Å². The molecule has 112 valence electrons. The van der Waals surface area contributed by atoms with Gasteiger partial charge in [-0.05, 0) is 12.8 Å². The number of benzene rings is 1. The van der Waals surface area contributed by atoms with Gasteiger partial charge in [0, 0.05) is 23.0 Å². The number of piperidine rings is 1. The lowest BCUT2D eigenvalue weighted by Gasteiger charge is -2.37. The highest BCUT2D eigenvalue weighted by molar-refractivity contribution is 5.94. The summed E-state index contributed by atoms with van der Waals surface area (Å²) < 4.78 is 0. The summed E-state index contributed by atoms with van der Waals surface area (Å²) in [6.07, 6.45) is 3.18. The fraction of sp³-hybridized carbons (Fsp3) is 0.188. The lowest BCUT2D eigenvalue weighted by molar-refractivity contribution is -0.385. The lowest BCUT2D eigenvalue weighted by atomic mass is 9.97. The van der Waals surface area contributed by atoms with Crippen molar-refractivity contribution in [3.63, 3.8) is 0 Å². The lowest BCUT2D eigenvalue weighted by Crippen LogP contribution is -2.40. The van der Waals surface area contributed by atoms with Crippen molar-refractivity contribution in [2.45, 2.75) is 18.9 Å². The van der Waals surface area contributed by atoms with Crippen LogP contribution < -0.4 is 5.32 Å². The summed E-state index contributed by atoms with van der Waals surface area (Å²) in [4.78, 5) is 10.7. The van der Waals surface area contributed by atoms with Crippen molar-refractivity contribution in [2.75, 3.05) is 0 Å². The van der Waals surface area contributed by atoms with Crippen LogP contribution in [0.1, 0.15) is 24.0 Å². The van der Waals surface area contributed by atoms with Gasteiger partial charge < -0.3 is 5.32 Å². The summed E-state index contributed by atoms with van der Waals surface area (Å²) in [5, 5.41) is 20.4. The van der Waals surface area contributed by atoms with Gasteiger partial charge in [-0.1, -0.05) is 31.9 Å². The van der Waals surface area contributed by atoms with E-state index in [0.29, 0.717) is 11.3 Å². The number of hydrogen-bond donors (Lipinski definition) is 1. The Bertz CT molecular complexity index is 736. The second-order valence-electron chi connectivity index (χ2n) is 5.34. The molecule has 22 heavy (non-hydrogen) atoms. The zero-order valence-electron chi connectivity index (χ0n) is 12.1. The first-order chi connectivity index (χ1) is 10.5. The van der Waals surface area contributed by atoms with Gasteiger partial charge in [-0.3, -0.25) is 15.1 Å². The van der Waals surface area contributed by atoms with Gasteiger partial charge in [0.05, 0.1) is 28.4 Å². The number of allylic oxidation sites excluding steroid dienone is 1. The molecule has 1 aromatic rings. The van der Waals surface area contributed by atoms with Crippen LogP contribution in [-0.2, 0) is 0 Å². The molecule has 0 aliphatic carbocycles. The minimum absolute atomic E-state index is 0.0380. The van der Waals surface area contributed by atoms with E-state index in [4.69, 9.17) is 0 Å². The fourth-order valence-electron chi connectivity index (χ4n) is 2.81. The van der Waals surface area contributed by atoms with Gasteiger partial charge in [-0.2, -0.15) is 5.10 Å². The molecular weight excluding hydrogens is 280 g/mol. The summed E-state index contributed by atoms with van der Waals surface area (Å²) in [7, 11) is 0. The molecule has 2 heterocycles. The number of nitro benzene ring substituents is 1. The quantitative estimate of drug-likeness (QED) is 0.672. The molecule has 3 rings (SSSR count). The van der Waals surface area contributed by atoms with Crippen LogP contribution in [-0.4, -0.2) is 22.2 Å². The summed E-state index contributed by atoms with van der Waals surface area (Å²) in [5.41, 5.74) is 3.64. The maximum absolute atomic E-state index is 11.1. The molecule has 6 heteroatoms. The second kappa shape index (κ2) is 5.14. The monoisotopic (exact) mass is 296 g/mol. The van der Waals surface area contributed by atoms with E-state index < -0.39 is 4.92 Å². The Morgan fingerprint density at radius 3 is 2.82 bits per heavy atom. The first kappa shape index (κ1) is 14.1. The molecule has 0 spiro atoms. The van der Waals surface area contributed by atoms with Gasteiger partial charge in [-0.15, -0.1) is 0 Å². The van der Waals surface area contributed by atoms with E-state index in [1.165, 1.54) is 12.3 Å². The van der Waals surface area contributed by atoms with E-state index in [-0.39, 0.29) is 11.7 Å². The second-order valence-corrected chi connectivity index (χ2v) is 5.34. The predicted octanol–water partition coefficient (Wildman–Crippen LogP) is 2.99. The zero-order valence-corrected chi connectivity index (χ0v) is 12.1. The zero-order chi connectivity index (χ0) is 15.9. The molecule has 0 bridgehead atoms. The standard InChI is InChI=1S/C16H16N4O2/c1-10-7-8-15(11(2)18-10)19-12(3)13-5-4-6-16(20(21)22)14(13)9-17-19/h4-6,9,15,18H,1-3,7-8H2. The number of rotatable bonds is 2.